The van der Waals surface area contributed by atoms with Crippen LogP contribution < -0.4 is 5.32 Å². The zero-order valence-electron chi connectivity index (χ0n) is 57.9. The Hall–Kier alpha value is -4.37. The van der Waals surface area contributed by atoms with Crippen molar-refractivity contribution in [3.8, 4) is 0 Å². The summed E-state index contributed by atoms with van der Waals surface area (Å²) in [5.74, 6) is -0.552. The van der Waals surface area contributed by atoms with Crippen LogP contribution in [-0.4, -0.2) is 74.3 Å². The number of nitrogens with zero attached hydrogens (tertiary/aromatic N) is 1. The second kappa shape index (κ2) is 66.5. The highest BCUT2D eigenvalue weighted by Crippen LogP contribution is 2.43. The maximum absolute atomic E-state index is 13.6. The molecule has 0 radical (unpaired) electrons. The van der Waals surface area contributed by atoms with Crippen LogP contribution in [0.25, 0.3) is 0 Å². The van der Waals surface area contributed by atoms with Crippen molar-refractivity contribution in [1.29, 1.82) is 0 Å². The Morgan fingerprint density at radius 2 is 0.719 bits per heavy atom. The van der Waals surface area contributed by atoms with Gasteiger partial charge in [-0.1, -0.05) is 288 Å². The first kappa shape index (κ1) is 84.6. The Morgan fingerprint density at radius 3 is 1.08 bits per heavy atom. The number of amides is 1. The number of esters is 1. The third-order valence-corrected chi connectivity index (χ3v) is 15.9. The lowest BCUT2D eigenvalue weighted by atomic mass is 10.0. The number of nitrogens with one attached hydrogen (secondary N) is 1. The van der Waals surface area contributed by atoms with E-state index < -0.39 is 20.0 Å². The summed E-state index contributed by atoms with van der Waals surface area (Å²) in [5, 5.41) is 3.06. The number of likely N-dealkylation sites (N-methyl/N-ethyl adjacent to an activating group) is 1. The average Bonchev–Trinajstić information content (AvgIpc) is 3.65. The van der Waals surface area contributed by atoms with Gasteiger partial charge >= 0.3 is 13.8 Å². The molecule has 0 aromatic heterocycles. The molecule has 0 aromatic carbocycles. The van der Waals surface area contributed by atoms with Gasteiger partial charge in [-0.3, -0.25) is 18.6 Å². The van der Waals surface area contributed by atoms with Crippen molar-refractivity contribution >= 4 is 19.7 Å². The van der Waals surface area contributed by atoms with Crippen LogP contribution in [0.4, 0.5) is 0 Å². The van der Waals surface area contributed by atoms with E-state index in [4.69, 9.17) is 13.8 Å². The van der Waals surface area contributed by atoms with Gasteiger partial charge in [-0.25, -0.2) is 4.57 Å². The average molecular weight is 1250 g/mol. The summed E-state index contributed by atoms with van der Waals surface area (Å²) in [4.78, 5) is 38.0. The van der Waals surface area contributed by atoms with E-state index in [-0.39, 0.29) is 31.5 Å². The van der Waals surface area contributed by atoms with Crippen molar-refractivity contribution in [1.82, 2.24) is 5.32 Å². The number of hydrogen-bond acceptors (Lipinski definition) is 6. The van der Waals surface area contributed by atoms with Gasteiger partial charge in [0, 0.05) is 12.8 Å². The highest BCUT2D eigenvalue weighted by atomic mass is 31.2. The van der Waals surface area contributed by atoms with Gasteiger partial charge in [-0.2, -0.15) is 0 Å². The molecule has 3 unspecified atom stereocenters. The highest BCUT2D eigenvalue weighted by Gasteiger charge is 2.30. The van der Waals surface area contributed by atoms with Gasteiger partial charge in [0.2, 0.25) is 5.91 Å². The van der Waals surface area contributed by atoms with Gasteiger partial charge in [0.05, 0.1) is 33.8 Å². The second-order valence-electron chi connectivity index (χ2n) is 24.6. The van der Waals surface area contributed by atoms with Crippen molar-refractivity contribution in [2.24, 2.45) is 0 Å². The Kier molecular flexibility index (Phi) is 63.3. The molecule has 506 valence electrons. The predicted octanol–water partition coefficient (Wildman–Crippen LogP) is 23.1. The van der Waals surface area contributed by atoms with E-state index in [1.54, 1.807) is 0 Å². The molecule has 2 N–H and O–H groups in total. The summed E-state index contributed by atoms with van der Waals surface area (Å²) in [7, 11) is 1.45. The summed E-state index contributed by atoms with van der Waals surface area (Å²) in [6.07, 6.45) is 98.2. The fourth-order valence-electron chi connectivity index (χ4n) is 9.54. The molecule has 9 nitrogen and oxygen atoms in total. The van der Waals surface area contributed by atoms with Gasteiger partial charge in [0.1, 0.15) is 19.3 Å². The Bertz CT molecular complexity index is 2080. The molecule has 0 saturated carbocycles. The first-order valence-corrected chi connectivity index (χ1v) is 37.3. The molecule has 0 heterocycles. The van der Waals surface area contributed by atoms with E-state index in [0.29, 0.717) is 23.9 Å². The van der Waals surface area contributed by atoms with Crippen LogP contribution in [0.1, 0.15) is 278 Å². The molecular weight excluding hydrogens is 1120 g/mol. The van der Waals surface area contributed by atoms with Crippen LogP contribution in [0, 0.1) is 0 Å². The molecular formula is C79H134N2O7P+. The SMILES string of the molecule is CC/C=C\C/C=C\C/C=C\C/C=C\C/C=C\C/C=C\CCCCCCCCCCC(=O)NC(COP(=O)(O)OCC[N+](C)(C)C)C(/C=C\CCCCCCCCCCCCC)OC(=O)CCCCCC/C=C\C/C=C\C/C=C\C/C=C\C/C=C\C/C=C\CC. The van der Waals surface area contributed by atoms with E-state index in [1.807, 2.05) is 33.3 Å². The highest BCUT2D eigenvalue weighted by molar-refractivity contribution is 7.47. The minimum absolute atomic E-state index is 0.0251. The van der Waals surface area contributed by atoms with Crippen molar-refractivity contribution < 1.29 is 37.3 Å². The first-order chi connectivity index (χ1) is 43.4. The summed E-state index contributed by atoms with van der Waals surface area (Å²) in [6.45, 7) is 6.76. The van der Waals surface area contributed by atoms with E-state index in [2.05, 4.69) is 172 Å². The molecule has 10 heteroatoms. The molecule has 1 amide bonds. The van der Waals surface area contributed by atoms with Crippen molar-refractivity contribution in [3.63, 3.8) is 0 Å². The lowest BCUT2D eigenvalue weighted by Crippen LogP contribution is -2.47. The van der Waals surface area contributed by atoms with Gasteiger partial charge in [0.15, 0.2) is 0 Å². The molecule has 0 aromatic rings. The molecule has 0 bridgehead atoms. The molecule has 0 aliphatic carbocycles. The number of ether oxygens (including phenoxy) is 1. The topological polar surface area (TPSA) is 111 Å². The predicted molar refractivity (Wildman–Crippen MR) is 387 cm³/mol. The fraction of sp³-hybridized carbons (Fsp3) is 0.646. The Balaban J connectivity index is 5.20. The molecule has 0 rings (SSSR count). The lowest BCUT2D eigenvalue weighted by Gasteiger charge is -2.27. The summed E-state index contributed by atoms with van der Waals surface area (Å²) in [5.41, 5.74) is 0. The normalized spacial score (nSPS) is 14.5. The summed E-state index contributed by atoms with van der Waals surface area (Å²) < 4.78 is 30.8. The summed E-state index contributed by atoms with van der Waals surface area (Å²) >= 11 is 0. The fourth-order valence-corrected chi connectivity index (χ4v) is 10.3. The first-order valence-electron chi connectivity index (χ1n) is 35.8. The minimum Gasteiger partial charge on any atom is -0.456 e. The van der Waals surface area contributed by atoms with Crippen LogP contribution in [0.5, 0.6) is 0 Å². The van der Waals surface area contributed by atoms with Crippen LogP contribution in [0.3, 0.4) is 0 Å². The number of carbonyl (C=O) groups is 2. The number of hydrogen-bond donors (Lipinski definition) is 2. The molecule has 0 saturated heterocycles. The van der Waals surface area contributed by atoms with Crippen LogP contribution >= 0.6 is 7.82 Å². The number of carbonyl (C=O) groups excluding carboxylic acids is 2. The number of allylic oxidation sites excluding steroid dienone is 25. The van der Waals surface area contributed by atoms with Crippen molar-refractivity contribution in [2.75, 3.05) is 40.9 Å². The number of quaternary nitrogens is 1. The standard InChI is InChI=1S/C79H133N2O7P/c1-7-10-13-16-19-22-25-28-30-32-34-36-38-39-40-41-43-44-46-48-50-53-56-59-62-65-68-71-78(82)80-76(75-87-89(84,85)86-74-73-81(4,5)6)77(70-67-64-61-58-55-52-27-24-21-18-15-12-9-3)88-79(83)72-69-66-63-60-57-54-51-49-47-45-42-37-35-33-31-29-26-23-20-17-14-11-8-2/h10-11,13-14,19-20,22-23,28-31,34-37,39-40,43-45,47,51,54,67,70,76-77H,7-9,12,15-18,21,24-27,32-33,38,41-42,46,48-50,52-53,55-66,68-69,71-75H2,1-6H3,(H-,80,82,84,85)/p+1/b13-10-,14-11-,22-19-,23-20-,30-28-,31-29-,36-34-,37-35-,40-39-,44-43-,47-45-,54-51-,70-67-. The summed E-state index contributed by atoms with van der Waals surface area (Å²) in [6, 6.07) is -0.878. The van der Waals surface area contributed by atoms with Crippen molar-refractivity contribution in [2.45, 2.75) is 290 Å². The molecule has 0 aliphatic heterocycles. The van der Waals surface area contributed by atoms with Gasteiger partial charge in [0.25, 0.3) is 0 Å². The number of unbranched alkanes of at least 4 members (excludes halogenated alkanes) is 23. The van der Waals surface area contributed by atoms with E-state index in [1.165, 1.54) is 83.5 Å². The zero-order valence-corrected chi connectivity index (χ0v) is 58.8. The van der Waals surface area contributed by atoms with Gasteiger partial charge in [-0.15, -0.1) is 0 Å². The Morgan fingerprint density at radius 1 is 0.404 bits per heavy atom. The monoisotopic (exact) mass is 1250 g/mol. The number of rotatable bonds is 63. The smallest absolute Gasteiger partial charge is 0.456 e. The molecule has 0 aliphatic rings. The van der Waals surface area contributed by atoms with Crippen molar-refractivity contribution in [3.05, 3.63) is 158 Å². The van der Waals surface area contributed by atoms with Crippen LogP contribution in [0.2, 0.25) is 0 Å². The maximum Gasteiger partial charge on any atom is 0.472 e. The molecule has 0 spiro atoms. The zero-order chi connectivity index (χ0) is 64.9. The van der Waals surface area contributed by atoms with E-state index >= 15 is 0 Å². The second-order valence-corrected chi connectivity index (χ2v) is 26.1. The van der Waals surface area contributed by atoms with Crippen LogP contribution in [-0.2, 0) is 27.9 Å². The quantitative estimate of drug-likeness (QED) is 0.0205. The van der Waals surface area contributed by atoms with E-state index in [9.17, 15) is 19.0 Å². The lowest BCUT2D eigenvalue weighted by molar-refractivity contribution is -0.870. The minimum atomic E-state index is -4.48. The molecule has 89 heavy (non-hydrogen) atoms. The largest absolute Gasteiger partial charge is 0.472 e. The third-order valence-electron chi connectivity index (χ3n) is 15.0. The number of phosphoric ester groups is 1. The maximum atomic E-state index is 13.6. The number of phosphoric acid groups is 1. The van der Waals surface area contributed by atoms with Gasteiger partial charge < -0.3 is 19.4 Å². The molecule has 0 fully saturated rings. The Labute approximate surface area is 548 Å². The van der Waals surface area contributed by atoms with Crippen LogP contribution in [0.15, 0.2) is 158 Å². The third kappa shape index (κ3) is 67.8. The van der Waals surface area contributed by atoms with Gasteiger partial charge in [-0.05, 0) is 134 Å². The van der Waals surface area contributed by atoms with E-state index in [0.717, 1.165) is 154 Å². The molecule has 3 atom stereocenters.